The lowest BCUT2D eigenvalue weighted by Crippen LogP contribution is -2.58. The summed E-state index contributed by atoms with van der Waals surface area (Å²) in [5, 5.41) is 16.1. The Kier molecular flexibility index (Phi) is 22.5. The quantitative estimate of drug-likeness (QED) is 0.0305. The molecule has 20 nitrogen and oxygen atoms in total. The van der Waals surface area contributed by atoms with Gasteiger partial charge in [-0.05, 0) is 59.9 Å². The molecule has 6 N–H and O–H groups in total. The van der Waals surface area contributed by atoms with Gasteiger partial charge in [0.2, 0.25) is 29.5 Å². The van der Waals surface area contributed by atoms with Crippen LogP contribution in [0.3, 0.4) is 0 Å². The Bertz CT molecular complexity index is 3100. The molecule has 6 atom stereocenters. The molecule has 6 amide bonds. The highest BCUT2D eigenvalue weighted by molar-refractivity contribution is 6.08. The maximum absolute atomic E-state index is 14.2. The summed E-state index contributed by atoms with van der Waals surface area (Å²) in [6.07, 6.45) is -2.16. The highest BCUT2D eigenvalue weighted by Crippen LogP contribution is 2.19. The van der Waals surface area contributed by atoms with E-state index in [2.05, 4.69) is 31.9 Å². The zero-order chi connectivity index (χ0) is 57.4. The van der Waals surface area contributed by atoms with Crippen LogP contribution in [0.5, 0.6) is 0 Å². The van der Waals surface area contributed by atoms with Crippen molar-refractivity contribution >= 4 is 70.1 Å². The summed E-state index contributed by atoms with van der Waals surface area (Å²) in [6, 6.07) is 37.7. The number of ether oxygens (including phenoxy) is 4. The molecule has 80 heavy (non-hydrogen) atoms. The molecule has 0 aromatic heterocycles. The van der Waals surface area contributed by atoms with Gasteiger partial charge in [-0.15, -0.1) is 0 Å². The second-order valence-corrected chi connectivity index (χ2v) is 18.5. The molecule has 6 aromatic rings. The van der Waals surface area contributed by atoms with Crippen molar-refractivity contribution in [1.82, 2.24) is 31.9 Å². The molecule has 0 spiro atoms. The van der Waals surface area contributed by atoms with Crippen molar-refractivity contribution in [2.24, 2.45) is 0 Å². The molecule has 6 rings (SSSR count). The number of esters is 4. The van der Waals surface area contributed by atoms with Crippen LogP contribution in [-0.2, 0) is 88.5 Å². The third kappa shape index (κ3) is 19.1. The number of nitrogens with one attached hydrogen (secondary N) is 6. The highest BCUT2D eigenvalue weighted by atomic mass is 16.5. The van der Waals surface area contributed by atoms with Gasteiger partial charge in [-0.25, -0.2) is 9.59 Å². The number of benzene rings is 6. The van der Waals surface area contributed by atoms with E-state index in [0.717, 1.165) is 5.39 Å². The Morgan fingerprint density at radius 3 is 1.16 bits per heavy atom. The highest BCUT2D eigenvalue weighted by Gasteiger charge is 2.34. The summed E-state index contributed by atoms with van der Waals surface area (Å²) >= 11 is 0. The van der Waals surface area contributed by atoms with Crippen LogP contribution in [0.2, 0.25) is 0 Å². The molecule has 0 unspecified atom stereocenters. The number of carbonyl (C=O) groups is 10. The molecule has 416 valence electrons. The van der Waals surface area contributed by atoms with Crippen molar-refractivity contribution in [3.8, 4) is 0 Å². The predicted octanol–water partition coefficient (Wildman–Crippen LogP) is 4.57. The number of fused-ring (bicyclic) bond motifs is 1. The van der Waals surface area contributed by atoms with Gasteiger partial charge in [0, 0.05) is 5.56 Å². The predicted molar refractivity (Wildman–Crippen MR) is 291 cm³/mol. The van der Waals surface area contributed by atoms with E-state index in [1.807, 2.05) is 12.1 Å². The molecule has 0 radical (unpaired) electrons. The molecule has 6 aromatic carbocycles. The van der Waals surface area contributed by atoms with Crippen LogP contribution in [0.25, 0.3) is 10.8 Å². The van der Waals surface area contributed by atoms with Gasteiger partial charge >= 0.3 is 23.9 Å². The van der Waals surface area contributed by atoms with Crippen molar-refractivity contribution in [1.29, 1.82) is 0 Å². The Balaban J connectivity index is 1.14. The van der Waals surface area contributed by atoms with E-state index in [0.29, 0.717) is 27.6 Å². The molecule has 20 heteroatoms. The van der Waals surface area contributed by atoms with Crippen LogP contribution in [-0.4, -0.2) is 95.6 Å². The fraction of sp³-hybridized carbons (Fsp3) is 0.267. The zero-order valence-electron chi connectivity index (χ0n) is 44.2. The monoisotopic (exact) mass is 1090 g/mol. The van der Waals surface area contributed by atoms with Crippen molar-refractivity contribution in [2.45, 2.75) is 103 Å². The lowest BCUT2D eigenvalue weighted by molar-refractivity contribution is -0.155. The van der Waals surface area contributed by atoms with E-state index >= 15 is 0 Å². The second kappa shape index (κ2) is 30.3. The van der Waals surface area contributed by atoms with Crippen LogP contribution >= 0.6 is 0 Å². The first-order chi connectivity index (χ1) is 38.5. The topological polar surface area (TPSA) is 280 Å². The van der Waals surface area contributed by atoms with Gasteiger partial charge in [0.15, 0.2) is 0 Å². The van der Waals surface area contributed by atoms with E-state index in [1.54, 1.807) is 152 Å². The summed E-state index contributed by atoms with van der Waals surface area (Å²) in [7, 11) is 0. The Morgan fingerprint density at radius 2 is 0.713 bits per heavy atom. The Morgan fingerprint density at radius 1 is 0.350 bits per heavy atom. The van der Waals surface area contributed by atoms with Crippen LogP contribution in [0.1, 0.15) is 72.6 Å². The number of amides is 6. The number of rotatable bonds is 27. The summed E-state index contributed by atoms with van der Waals surface area (Å²) in [4.78, 5) is 136. The molecule has 0 heterocycles. The van der Waals surface area contributed by atoms with Gasteiger partial charge in [-0.3, -0.25) is 38.4 Å². The maximum atomic E-state index is 14.2. The molecule has 0 aliphatic heterocycles. The Labute approximate surface area is 461 Å². The molecule has 0 saturated heterocycles. The average Bonchev–Trinajstić information content (AvgIpc) is 3.47. The first-order valence-electron chi connectivity index (χ1n) is 25.6. The number of hydrogen-bond donors (Lipinski definition) is 6. The van der Waals surface area contributed by atoms with Gasteiger partial charge < -0.3 is 50.8 Å². The summed E-state index contributed by atoms with van der Waals surface area (Å²) < 4.78 is 21.6. The van der Waals surface area contributed by atoms with Gasteiger partial charge in [0.25, 0.3) is 5.91 Å². The van der Waals surface area contributed by atoms with Crippen LogP contribution in [0.15, 0.2) is 164 Å². The van der Waals surface area contributed by atoms with E-state index in [-0.39, 0.29) is 32.0 Å². The van der Waals surface area contributed by atoms with Gasteiger partial charge in [-0.1, -0.05) is 158 Å². The third-order valence-electron chi connectivity index (χ3n) is 12.2. The second-order valence-electron chi connectivity index (χ2n) is 18.5. The minimum atomic E-state index is -1.79. The maximum Gasteiger partial charge on any atom is 0.329 e. The first kappa shape index (κ1) is 59.5. The fourth-order valence-electron chi connectivity index (χ4n) is 7.77. The van der Waals surface area contributed by atoms with E-state index in [1.165, 1.54) is 20.8 Å². The van der Waals surface area contributed by atoms with Crippen molar-refractivity contribution in [3.05, 3.63) is 192 Å². The SMILES string of the molecule is C[C@H](NC(=O)C[C@H](NC(=O)[C@H](C)NC(=O)c1cccc2ccccc12)C(=O)N[C@@H](C)C(=O)N[C@@H](CC(=O)OCc1ccccc1)C(=O)OCc1ccccc1)C(=O)N[C@@H](CC(=O)OCc1ccccc1)C(=O)OCc1ccccc1. The van der Waals surface area contributed by atoms with E-state index in [9.17, 15) is 47.9 Å². The van der Waals surface area contributed by atoms with Crippen molar-refractivity contribution in [3.63, 3.8) is 0 Å². The normalized spacial score (nSPS) is 13.0. The molecule has 0 fully saturated rings. The number of hydrogen-bond acceptors (Lipinski definition) is 14. The smallest absolute Gasteiger partial charge is 0.329 e. The van der Waals surface area contributed by atoms with Gasteiger partial charge in [0.05, 0.1) is 19.3 Å². The minimum absolute atomic E-state index is 0.119. The standard InChI is InChI=1S/C60H62N6O14/c1-38(54(70)65-49(59(75)79-36-43-23-12-6-13-24-43)32-52(68)77-34-41-19-8-4-9-20-41)61-51(67)31-48(64-55(71)39(2)62-57(73)47-30-18-28-45-27-16-17-29-46(45)47)58(74)63-40(3)56(72)66-50(60(76)80-37-44-25-14-7-15-26-44)33-53(69)78-35-42-21-10-5-11-22-42/h4-30,38-40,48-50H,31-37H2,1-3H3,(H,61,67)(H,62,73)(H,63,74)(H,64,71)(H,65,70)(H,66,72)/t38-,39-,40-,48-,49-,50-/m0/s1. The van der Waals surface area contributed by atoms with E-state index < -0.39 is 115 Å². The molecule has 0 aliphatic rings. The minimum Gasteiger partial charge on any atom is -0.461 e. The van der Waals surface area contributed by atoms with Gasteiger partial charge in [0.1, 0.15) is 62.7 Å². The lowest BCUT2D eigenvalue weighted by Gasteiger charge is -2.25. The zero-order valence-corrected chi connectivity index (χ0v) is 44.2. The van der Waals surface area contributed by atoms with E-state index in [4.69, 9.17) is 18.9 Å². The molecule has 0 bridgehead atoms. The van der Waals surface area contributed by atoms with Crippen molar-refractivity contribution < 1.29 is 66.9 Å². The lowest BCUT2D eigenvalue weighted by atomic mass is 10.0. The Hall–Kier alpha value is -9.72. The molecule has 0 saturated carbocycles. The fourth-order valence-corrected chi connectivity index (χ4v) is 7.77. The molecule has 0 aliphatic carbocycles. The van der Waals surface area contributed by atoms with Crippen LogP contribution in [0.4, 0.5) is 0 Å². The summed E-state index contributed by atoms with van der Waals surface area (Å²) in [6.45, 7) is 3.21. The van der Waals surface area contributed by atoms with Gasteiger partial charge in [-0.2, -0.15) is 0 Å². The van der Waals surface area contributed by atoms with Crippen LogP contribution < -0.4 is 31.9 Å². The van der Waals surface area contributed by atoms with Crippen LogP contribution in [0, 0.1) is 0 Å². The molecular weight excluding hydrogens is 1030 g/mol. The summed E-state index contributed by atoms with van der Waals surface area (Å²) in [5.74, 6) is -9.23. The average molecular weight is 1090 g/mol. The number of carbonyl (C=O) groups excluding carboxylic acids is 10. The van der Waals surface area contributed by atoms with Crippen molar-refractivity contribution in [2.75, 3.05) is 0 Å². The first-order valence-corrected chi connectivity index (χ1v) is 25.6. The molecular formula is C60H62N6O14. The largest absolute Gasteiger partial charge is 0.461 e. The summed E-state index contributed by atoms with van der Waals surface area (Å²) in [5.41, 5.74) is 2.84. The third-order valence-corrected chi connectivity index (χ3v) is 12.2.